The summed E-state index contributed by atoms with van der Waals surface area (Å²) in [6.07, 6.45) is -7.94. The van der Waals surface area contributed by atoms with Crippen LogP contribution in [0.5, 0.6) is 0 Å². The molecule has 0 aromatic carbocycles. The van der Waals surface area contributed by atoms with E-state index in [-0.39, 0.29) is 56.2 Å². The maximum atomic E-state index is 10.3. The van der Waals surface area contributed by atoms with Crippen molar-refractivity contribution in [3.8, 4) is 0 Å². The molecule has 0 saturated carbocycles. The lowest BCUT2D eigenvalue weighted by atomic mass is 9.96. The van der Waals surface area contributed by atoms with Gasteiger partial charge < -0.3 is 61.5 Å². The van der Waals surface area contributed by atoms with Gasteiger partial charge in [-0.2, -0.15) is 0 Å². The van der Waals surface area contributed by atoms with Crippen molar-refractivity contribution >= 4 is 79.5 Å². The number of carboxylic acid groups (broad SMARTS) is 5. The molecule has 0 radical (unpaired) electrons. The Balaban J connectivity index is -0.0000000702. The van der Waals surface area contributed by atoms with Crippen LogP contribution in [0.3, 0.4) is 0 Å². The van der Waals surface area contributed by atoms with Crippen LogP contribution in [-0.2, 0) is 24.0 Å². The van der Waals surface area contributed by atoms with Gasteiger partial charge in [0.15, 0.2) is 5.60 Å². The fraction of sp³-hybridized carbons (Fsp3) is 0.667. The van der Waals surface area contributed by atoms with Crippen molar-refractivity contribution in [3.05, 3.63) is 0 Å². The second-order valence-electron chi connectivity index (χ2n) is 5.94. The number of likely N-dealkylation sites (N-methyl/N-ethyl adjacent to an activating group) is 1. The molecular weight excluding hydrogens is 592 g/mol. The highest BCUT2D eigenvalue weighted by molar-refractivity contribution is 6.27. The zero-order valence-electron chi connectivity index (χ0n) is 18.2. The number of aliphatic hydroxyl groups is 6. The van der Waals surface area contributed by atoms with Crippen LogP contribution >= 0.6 is 49.6 Å². The summed E-state index contributed by atoms with van der Waals surface area (Å²) in [7, 11) is 1.57. The van der Waals surface area contributed by atoms with Gasteiger partial charge in [0.05, 0.1) is 25.6 Å². The molecule has 17 nitrogen and oxygen atoms in total. The Morgan fingerprint density at radius 3 is 1.19 bits per heavy atom. The summed E-state index contributed by atoms with van der Waals surface area (Å²) in [5.74, 6) is -8.67. The lowest BCUT2D eigenvalue weighted by Crippen LogP contribution is -2.48. The summed E-state index contributed by atoms with van der Waals surface area (Å²) in [5.41, 5.74) is -2.74. The van der Waals surface area contributed by atoms with E-state index in [0.717, 1.165) is 0 Å². The monoisotopic (exact) mass is 621 g/mol. The van der Waals surface area contributed by atoms with Gasteiger partial charge in [0.2, 0.25) is 0 Å². The SMILES string of the molecule is CNC[C@H](O)[C@@H](O)[C@H](O)[C@H](O)CO.Cl.Cl.Cl.Cl.O=C(O)C(=O)O.O=C(O)CC(O)(CC(=O)O)C(=O)O. The van der Waals surface area contributed by atoms with Gasteiger partial charge in [-0.3, -0.25) is 9.59 Å². The Morgan fingerprint density at radius 2 is 1.00 bits per heavy atom. The summed E-state index contributed by atoms with van der Waals surface area (Å²) in [4.78, 5) is 48.7. The van der Waals surface area contributed by atoms with Crippen molar-refractivity contribution in [1.82, 2.24) is 5.32 Å². The van der Waals surface area contributed by atoms with E-state index in [1.165, 1.54) is 0 Å². The first-order valence-corrected chi connectivity index (χ1v) is 8.30. The van der Waals surface area contributed by atoms with Crippen molar-refractivity contribution in [2.75, 3.05) is 20.2 Å². The van der Waals surface area contributed by atoms with Crippen molar-refractivity contribution in [1.29, 1.82) is 0 Å². The van der Waals surface area contributed by atoms with Gasteiger partial charge in [0.25, 0.3) is 0 Å². The van der Waals surface area contributed by atoms with Crippen LogP contribution in [-0.4, -0.2) is 136 Å². The maximum Gasteiger partial charge on any atom is 0.414 e. The number of rotatable bonds is 11. The van der Waals surface area contributed by atoms with Gasteiger partial charge in [0, 0.05) is 6.54 Å². The van der Waals surface area contributed by atoms with E-state index in [2.05, 4.69) is 5.32 Å². The molecule has 0 heterocycles. The zero-order chi connectivity index (χ0) is 26.2. The first-order valence-electron chi connectivity index (χ1n) is 8.30. The van der Waals surface area contributed by atoms with Crippen LogP contribution < -0.4 is 5.32 Å². The molecule has 0 aliphatic carbocycles. The molecule has 36 heavy (non-hydrogen) atoms. The normalized spacial score (nSPS) is 12.6. The van der Waals surface area contributed by atoms with E-state index in [4.69, 9.17) is 60.7 Å². The highest BCUT2D eigenvalue weighted by Gasteiger charge is 2.40. The van der Waals surface area contributed by atoms with Crippen molar-refractivity contribution < 1.29 is 80.1 Å². The van der Waals surface area contributed by atoms with Crippen LogP contribution in [0, 0.1) is 0 Å². The van der Waals surface area contributed by atoms with Gasteiger partial charge in [-0.05, 0) is 7.05 Å². The number of carboxylic acids is 5. The summed E-state index contributed by atoms with van der Waals surface area (Å²) in [6, 6.07) is 0. The first-order chi connectivity index (χ1) is 14.5. The van der Waals surface area contributed by atoms with Crippen molar-refractivity contribution in [2.45, 2.75) is 42.9 Å². The molecule has 0 rings (SSSR count). The van der Waals surface area contributed by atoms with Gasteiger partial charge in [-0.25, -0.2) is 14.4 Å². The molecule has 0 amide bonds. The second kappa shape index (κ2) is 26.3. The third-order valence-electron chi connectivity index (χ3n) is 3.21. The Labute approximate surface area is 228 Å². The molecule has 0 unspecified atom stereocenters. The third-order valence-corrected chi connectivity index (χ3v) is 3.21. The van der Waals surface area contributed by atoms with Gasteiger partial charge in [-0.15, -0.1) is 49.6 Å². The second-order valence-corrected chi connectivity index (χ2v) is 5.94. The van der Waals surface area contributed by atoms with E-state index < -0.39 is 79.3 Å². The minimum absolute atomic E-state index is 0. The lowest BCUT2D eigenvalue weighted by molar-refractivity contribution is -0.170. The summed E-state index contributed by atoms with van der Waals surface area (Å²) in [5, 5.41) is 96.1. The Bertz CT molecular complexity index is 613. The standard InChI is InChI=1S/C7H17NO5.C6H8O7.C2H2O4.4ClH/c1-8-2-4(10)6(12)7(13)5(11)3-9;7-3(8)1-6(13,5(11)12)2-4(9)10;3-1(4)2(5)6;;;;/h4-13H,2-3H2,1H3;13H,1-2H2,(H,7,8)(H,9,10)(H,11,12);(H,3,4)(H,5,6);4*1H/t4-,5+,6+,7+;;;;;;/m0....../s1. The average Bonchev–Trinajstić information content (AvgIpc) is 2.65. The number of hydrogen-bond acceptors (Lipinski definition) is 12. The Hall–Kier alpha value is -1.77. The molecule has 4 atom stereocenters. The number of nitrogens with one attached hydrogen (secondary N) is 1. The molecule has 0 saturated heterocycles. The summed E-state index contributed by atoms with van der Waals surface area (Å²) in [6.45, 7) is -0.569. The van der Waals surface area contributed by atoms with Crippen LogP contribution in [0.25, 0.3) is 0 Å². The number of hydrogen-bond donors (Lipinski definition) is 12. The minimum Gasteiger partial charge on any atom is -0.481 e. The predicted octanol–water partition coefficient (Wildman–Crippen LogP) is -3.76. The molecule has 0 aromatic rings. The number of aliphatic carboxylic acids is 5. The summed E-state index contributed by atoms with van der Waals surface area (Å²) >= 11 is 0. The average molecular weight is 623 g/mol. The smallest absolute Gasteiger partial charge is 0.414 e. The topological polar surface area (TPSA) is 320 Å². The predicted molar refractivity (Wildman–Crippen MR) is 126 cm³/mol. The van der Waals surface area contributed by atoms with Gasteiger partial charge in [0.1, 0.15) is 18.3 Å². The van der Waals surface area contributed by atoms with Crippen molar-refractivity contribution in [3.63, 3.8) is 0 Å². The Kier molecular flexibility index (Phi) is 37.2. The van der Waals surface area contributed by atoms with Gasteiger partial charge in [-0.1, -0.05) is 0 Å². The molecule has 0 bridgehead atoms. The van der Waals surface area contributed by atoms with Gasteiger partial charge >= 0.3 is 29.8 Å². The van der Waals surface area contributed by atoms with Crippen LogP contribution in [0.1, 0.15) is 12.8 Å². The quantitative estimate of drug-likeness (QED) is 0.0983. The summed E-state index contributed by atoms with van der Waals surface area (Å²) < 4.78 is 0. The first kappa shape index (κ1) is 51.0. The Morgan fingerprint density at radius 1 is 0.694 bits per heavy atom. The number of aliphatic hydroxyl groups excluding tert-OH is 5. The molecule has 0 aromatic heterocycles. The molecule has 0 fully saturated rings. The fourth-order valence-electron chi connectivity index (χ4n) is 1.61. The van der Waals surface area contributed by atoms with E-state index in [0.29, 0.717) is 0 Å². The van der Waals surface area contributed by atoms with E-state index >= 15 is 0 Å². The minimum atomic E-state index is -2.74. The largest absolute Gasteiger partial charge is 0.481 e. The number of carbonyl (C=O) groups is 5. The zero-order valence-corrected chi connectivity index (χ0v) is 21.5. The van der Waals surface area contributed by atoms with Crippen molar-refractivity contribution in [2.24, 2.45) is 0 Å². The molecule has 220 valence electrons. The molecule has 12 N–H and O–H groups in total. The lowest BCUT2D eigenvalue weighted by Gasteiger charge is -2.25. The highest BCUT2D eigenvalue weighted by Crippen LogP contribution is 2.15. The highest BCUT2D eigenvalue weighted by atomic mass is 35.5. The molecule has 0 aliphatic heterocycles. The number of halogens is 4. The van der Waals surface area contributed by atoms with E-state index in [9.17, 15) is 19.5 Å². The van der Waals surface area contributed by atoms with E-state index in [1.807, 2.05) is 0 Å². The van der Waals surface area contributed by atoms with Crippen LogP contribution in [0.2, 0.25) is 0 Å². The molecule has 21 heteroatoms. The molecule has 0 spiro atoms. The van der Waals surface area contributed by atoms with E-state index in [1.54, 1.807) is 7.05 Å². The van der Waals surface area contributed by atoms with Crippen LogP contribution in [0.15, 0.2) is 0 Å². The molecular formula is C15H31Cl4NO16. The molecule has 0 aliphatic rings. The maximum absolute atomic E-state index is 10.3. The third kappa shape index (κ3) is 25.3. The fourth-order valence-corrected chi connectivity index (χ4v) is 1.61. The van der Waals surface area contributed by atoms with Crippen LogP contribution in [0.4, 0.5) is 0 Å².